The van der Waals surface area contributed by atoms with Crippen molar-refractivity contribution in [2.75, 3.05) is 97.0 Å². The van der Waals surface area contributed by atoms with Crippen molar-refractivity contribution in [1.82, 2.24) is 59.1 Å². The first-order valence-corrected chi connectivity index (χ1v) is 39.4. The van der Waals surface area contributed by atoms with Crippen molar-refractivity contribution in [2.45, 2.75) is 181 Å². The second-order valence-corrected chi connectivity index (χ2v) is 31.7. The third kappa shape index (κ3) is 21.5. The molecule has 9 heterocycles. The van der Waals surface area contributed by atoms with Gasteiger partial charge >= 0.3 is 0 Å². The normalized spacial score (nSPS) is 18.7. The van der Waals surface area contributed by atoms with Crippen LogP contribution in [-0.4, -0.2) is 230 Å². The maximum absolute atomic E-state index is 13.3. The Labute approximate surface area is 667 Å². The van der Waals surface area contributed by atoms with E-state index < -0.39 is 18.1 Å². The summed E-state index contributed by atoms with van der Waals surface area (Å²) in [6, 6.07) is 24.6. The molecule has 0 spiro atoms. The molecule has 24 nitrogen and oxygen atoms in total. The third-order valence-electron chi connectivity index (χ3n) is 21.7. The molecule has 0 saturated carbocycles. The number of amides is 9. The minimum absolute atomic E-state index is 0.000681. The van der Waals surface area contributed by atoms with E-state index in [4.69, 9.17) is 41.2 Å². The lowest BCUT2D eigenvalue weighted by Gasteiger charge is -2.39. The summed E-state index contributed by atoms with van der Waals surface area (Å²) in [5.74, 6) is 2.04. The van der Waals surface area contributed by atoms with Crippen molar-refractivity contribution in [3.63, 3.8) is 0 Å². The van der Waals surface area contributed by atoms with Crippen molar-refractivity contribution in [1.29, 1.82) is 0 Å². The van der Waals surface area contributed by atoms with Gasteiger partial charge in [-0.25, -0.2) is 15.0 Å². The molecule has 3 aromatic carbocycles. The van der Waals surface area contributed by atoms with Gasteiger partial charge in [0.25, 0.3) is 17.7 Å². The van der Waals surface area contributed by atoms with E-state index in [0.717, 1.165) is 135 Å². The second kappa shape index (κ2) is 37.8. The molecule has 0 aliphatic carbocycles. The molecular weight excluding hydrogens is 1470 g/mol. The Morgan fingerprint density at radius 1 is 0.441 bits per heavy atom. The first-order chi connectivity index (χ1) is 52.8. The Bertz CT molecular complexity index is 4500. The number of piperidine rings is 3. The summed E-state index contributed by atoms with van der Waals surface area (Å²) in [5.41, 5.74) is 10.8. The lowest BCUT2D eigenvalue weighted by Crippen LogP contribution is -2.51. The summed E-state index contributed by atoms with van der Waals surface area (Å²) in [4.78, 5) is 146. The molecule has 12 rings (SSSR count). The fourth-order valence-electron chi connectivity index (χ4n) is 15.8. The number of carbonyl (C=O) groups excluding carboxylic acids is 9. The zero-order valence-corrected chi connectivity index (χ0v) is 68.1. The lowest BCUT2D eigenvalue weighted by molar-refractivity contribution is -0.136. The van der Waals surface area contributed by atoms with E-state index in [-0.39, 0.29) is 82.8 Å². The first kappa shape index (κ1) is 84.1. The fraction of sp³-hybridized carbons (Fsp3) is 0.476. The van der Waals surface area contributed by atoms with E-state index in [1.807, 2.05) is 52.8 Å². The van der Waals surface area contributed by atoms with Crippen molar-refractivity contribution < 1.29 is 43.2 Å². The van der Waals surface area contributed by atoms with Crippen LogP contribution in [0.25, 0.3) is 0 Å². The Morgan fingerprint density at radius 3 is 1.10 bits per heavy atom. The van der Waals surface area contributed by atoms with E-state index >= 15 is 0 Å². The molecule has 0 unspecified atom stereocenters. The number of pyridine rings is 3. The van der Waals surface area contributed by atoms with Gasteiger partial charge in [0.05, 0.1) is 0 Å². The summed E-state index contributed by atoms with van der Waals surface area (Å²) in [5, 5.41) is 10.9. The van der Waals surface area contributed by atoms with Gasteiger partial charge in [0.1, 0.15) is 41.3 Å². The van der Waals surface area contributed by atoms with Gasteiger partial charge in [-0.3, -0.25) is 57.9 Å². The van der Waals surface area contributed by atoms with Crippen LogP contribution >= 0.6 is 34.8 Å². The zero-order valence-electron chi connectivity index (χ0n) is 65.9. The Morgan fingerprint density at radius 2 is 0.766 bits per heavy atom. The van der Waals surface area contributed by atoms with E-state index in [9.17, 15) is 43.2 Å². The highest BCUT2D eigenvalue weighted by atomic mass is 35.5. The average Bonchev–Trinajstić information content (AvgIpc) is 1.70. The minimum atomic E-state index is -0.577. The number of carbonyl (C=O) groups is 9. The number of benzene rings is 3. The van der Waals surface area contributed by atoms with Gasteiger partial charge in [0.15, 0.2) is 0 Å². The maximum Gasteiger partial charge on any atom is 0.253 e. The van der Waals surface area contributed by atoms with E-state index in [1.165, 1.54) is 38.6 Å². The van der Waals surface area contributed by atoms with Crippen LogP contribution in [0.5, 0.6) is 0 Å². The standard InChI is InChI=1S/C28H36ClN5O3.C28H32ClN5O3.C28H36ClN5O3/c1-17-12-20(13-18(2)26(17)29)16-33-10-8-22(9-11-33)34-23(6-7-25(34)35)27(36)31-24-15-21(14-19(3)30-24)28(37)32(4)5;1-5-21-15-20(28(37)32(3)4)16-25(30-21)31-27(36)24-8-9-26(35)34(24)22-10-12-33(13-11-22)17-19-6-7-23(29)18(2)14-19;1-5-32(4)28(37)21-15-19(3)30-25(16-21)31-27(36)24-8-9-26(35)34(24)22-10-12-33(13-11-22)17-20-6-7-23(29)18(2)14-20/h12-15,22-23H,6-11,16H2,1-5H3,(H,30,31,36);1,6-7,14-16,22,24H,8-13,17H2,2-4H3,(H,30,31,36);6-7,14-16,22,24H,5,8-13,17H2,1-4H3,(H,30,31,36)/t23-;2*24-/m111/s1. The predicted octanol–water partition coefficient (Wildman–Crippen LogP) is 11.3. The van der Waals surface area contributed by atoms with Gasteiger partial charge in [0.2, 0.25) is 35.4 Å². The van der Waals surface area contributed by atoms with Crippen LogP contribution in [0.4, 0.5) is 17.5 Å². The number of nitrogens with one attached hydrogen (secondary N) is 3. The van der Waals surface area contributed by atoms with E-state index in [1.54, 1.807) is 93.0 Å². The smallest absolute Gasteiger partial charge is 0.253 e. The quantitative estimate of drug-likeness (QED) is 0.0637. The molecule has 27 heteroatoms. The Hall–Kier alpha value is -9.35. The Kier molecular flexibility index (Phi) is 28.6. The van der Waals surface area contributed by atoms with Crippen LogP contribution < -0.4 is 16.0 Å². The number of hydrogen-bond donors (Lipinski definition) is 3. The number of nitrogens with zero attached hydrogens (tertiary/aromatic N) is 12. The van der Waals surface area contributed by atoms with Crippen molar-refractivity contribution in [3.05, 3.63) is 173 Å². The SMILES string of the molecule is C#Cc1cc(C(=O)N(C)C)cc(NC(=O)[C@H]2CCC(=O)N2C2CCN(Cc3ccc(Cl)c(C)c3)CC2)n1.CCN(C)C(=O)c1cc(C)nc(NC(=O)[C@H]2CCC(=O)N2C2CCN(Cc3ccc(Cl)c(C)c3)CC2)c1.Cc1cc(C(=O)N(C)C)cc(NC(=O)[C@H]2CCC(=O)N2C2CCN(Cc3cc(C)c(Cl)c(C)c3)CC2)n1. The highest BCUT2D eigenvalue weighted by Crippen LogP contribution is 2.34. The van der Waals surface area contributed by atoms with Crippen LogP contribution in [0, 0.1) is 53.9 Å². The number of anilines is 3. The van der Waals surface area contributed by atoms with Gasteiger partial charge < -0.3 is 45.3 Å². The van der Waals surface area contributed by atoms with E-state index in [2.05, 4.69) is 81.9 Å². The lowest BCUT2D eigenvalue weighted by atomic mass is 10.0. The van der Waals surface area contributed by atoms with Gasteiger partial charge in [-0.05, 0) is 194 Å². The highest BCUT2D eigenvalue weighted by Gasteiger charge is 2.45. The molecule has 3 aromatic heterocycles. The van der Waals surface area contributed by atoms with Crippen LogP contribution in [0.3, 0.4) is 0 Å². The minimum Gasteiger partial charge on any atom is -0.345 e. The van der Waals surface area contributed by atoms with Gasteiger partial charge in [0, 0.05) is 181 Å². The number of aryl methyl sites for hydroxylation is 6. The zero-order chi connectivity index (χ0) is 80.2. The molecule has 6 saturated heterocycles. The number of rotatable bonds is 19. The molecule has 111 heavy (non-hydrogen) atoms. The molecule has 6 aliphatic rings. The number of hydrogen-bond acceptors (Lipinski definition) is 15. The van der Waals surface area contributed by atoms with Gasteiger partial charge in [-0.15, -0.1) is 6.42 Å². The molecule has 590 valence electrons. The maximum atomic E-state index is 13.3. The summed E-state index contributed by atoms with van der Waals surface area (Å²) in [6.07, 6.45) is 12.9. The molecule has 0 bridgehead atoms. The molecular formula is C84H104Cl3N15O9. The van der Waals surface area contributed by atoms with Gasteiger partial charge in [-0.1, -0.05) is 77.1 Å². The molecule has 9 amide bonds. The van der Waals surface area contributed by atoms with Crippen LogP contribution in [0.2, 0.25) is 15.1 Å². The average molecular weight is 1570 g/mol. The summed E-state index contributed by atoms with van der Waals surface area (Å²) < 4.78 is 0. The summed E-state index contributed by atoms with van der Waals surface area (Å²) in [6.45, 7) is 21.8. The fourth-order valence-corrected chi connectivity index (χ4v) is 16.2. The molecule has 3 atom stereocenters. The molecule has 6 fully saturated rings. The monoisotopic (exact) mass is 1570 g/mol. The molecule has 0 radical (unpaired) electrons. The largest absolute Gasteiger partial charge is 0.345 e. The molecule has 6 aliphatic heterocycles. The van der Waals surface area contributed by atoms with Crippen molar-refractivity contribution in [2.24, 2.45) is 0 Å². The first-order valence-electron chi connectivity index (χ1n) is 38.3. The molecule has 3 N–H and O–H groups in total. The van der Waals surface area contributed by atoms with E-state index in [0.29, 0.717) is 84.8 Å². The Balaban J connectivity index is 0.000000177. The number of aromatic nitrogens is 3. The topological polar surface area (TPSA) is 258 Å². The molecule has 6 aromatic rings. The third-order valence-corrected chi connectivity index (χ3v) is 23.1. The van der Waals surface area contributed by atoms with Gasteiger partial charge in [-0.2, -0.15) is 0 Å². The second-order valence-electron chi connectivity index (χ2n) is 30.5. The number of terminal acetylenes is 1. The summed E-state index contributed by atoms with van der Waals surface area (Å²) in [7, 11) is 8.38. The van der Waals surface area contributed by atoms with Crippen LogP contribution in [-0.2, 0) is 48.4 Å². The summed E-state index contributed by atoms with van der Waals surface area (Å²) >= 11 is 18.6. The van der Waals surface area contributed by atoms with Crippen molar-refractivity contribution >= 4 is 105 Å². The van der Waals surface area contributed by atoms with Crippen LogP contribution in [0.1, 0.15) is 171 Å². The number of halogens is 3. The van der Waals surface area contributed by atoms with Crippen molar-refractivity contribution in [3.8, 4) is 12.3 Å². The highest BCUT2D eigenvalue weighted by molar-refractivity contribution is 6.32. The number of likely N-dealkylation sites (tertiary alicyclic amines) is 6. The predicted molar refractivity (Wildman–Crippen MR) is 432 cm³/mol. The van der Waals surface area contributed by atoms with Crippen LogP contribution in [0.15, 0.2) is 84.9 Å².